The highest BCUT2D eigenvalue weighted by Crippen LogP contribution is 2.30. The number of hydrogen-bond acceptors (Lipinski definition) is 4. The van der Waals surface area contributed by atoms with Crippen LogP contribution in [0.25, 0.3) is 10.4 Å². The number of rotatable bonds is 11. The third kappa shape index (κ3) is 7.01. The number of nitrogens with zero attached hydrogens (tertiary/aromatic N) is 5. The van der Waals surface area contributed by atoms with Gasteiger partial charge in [-0.3, -0.25) is 19.4 Å². The predicted octanol–water partition coefficient (Wildman–Crippen LogP) is 6.69. The van der Waals surface area contributed by atoms with Crippen LogP contribution in [0.5, 0.6) is 0 Å². The largest absolute Gasteiger partial charge is 0.281 e. The van der Waals surface area contributed by atoms with Gasteiger partial charge < -0.3 is 0 Å². The summed E-state index contributed by atoms with van der Waals surface area (Å²) in [6.07, 6.45) is 1.51. The molecule has 0 spiro atoms. The Hall–Kier alpha value is -4.00. The van der Waals surface area contributed by atoms with E-state index >= 15 is 0 Å². The lowest BCUT2D eigenvalue weighted by molar-refractivity contribution is -0.148. The molecule has 7 nitrogen and oxygen atoms in total. The fourth-order valence-electron chi connectivity index (χ4n) is 4.11. The van der Waals surface area contributed by atoms with Gasteiger partial charge in [-0.25, -0.2) is 4.39 Å². The topological polar surface area (TPSA) is 89.4 Å². The number of unbranched alkanes of at least 4 members (excludes halogenated alkanes) is 1. The maximum Gasteiger partial charge on any atom is 0.251 e. The van der Waals surface area contributed by atoms with Crippen LogP contribution in [0.4, 0.5) is 10.1 Å². The first-order valence-corrected chi connectivity index (χ1v) is 11.9. The predicted molar refractivity (Wildman–Crippen MR) is 137 cm³/mol. The summed E-state index contributed by atoms with van der Waals surface area (Å²) in [6, 6.07) is 21.7. The maximum atomic E-state index is 14.0. The van der Waals surface area contributed by atoms with Gasteiger partial charge in [-0.1, -0.05) is 85.2 Å². The Morgan fingerprint density at radius 1 is 0.972 bits per heavy atom. The van der Waals surface area contributed by atoms with Gasteiger partial charge in [-0.05, 0) is 40.8 Å². The number of carbonyl (C=O) groups excluding carboxylic acids is 2. The summed E-state index contributed by atoms with van der Waals surface area (Å²) in [4.78, 5) is 32.7. The molecule has 0 radical (unpaired) electrons. The van der Waals surface area contributed by atoms with Gasteiger partial charge in [0.2, 0.25) is 5.91 Å². The van der Waals surface area contributed by atoms with Crippen molar-refractivity contribution in [1.82, 2.24) is 9.80 Å². The summed E-state index contributed by atoms with van der Waals surface area (Å²) in [5.74, 6) is -1.13. The summed E-state index contributed by atoms with van der Waals surface area (Å²) >= 11 is 0. The maximum absolute atomic E-state index is 14.0. The van der Waals surface area contributed by atoms with Crippen molar-refractivity contribution in [3.05, 3.63) is 112 Å². The quantitative estimate of drug-likeness (QED) is 0.171. The van der Waals surface area contributed by atoms with E-state index in [1.54, 1.807) is 24.3 Å². The van der Waals surface area contributed by atoms with Crippen molar-refractivity contribution in [2.24, 2.45) is 5.11 Å². The average molecular weight is 488 g/mol. The molecular weight excluding hydrogens is 457 g/mol. The molecule has 0 aromatic heterocycles. The van der Waals surface area contributed by atoms with E-state index in [0.717, 1.165) is 17.5 Å². The Labute approximate surface area is 210 Å². The van der Waals surface area contributed by atoms with E-state index in [-0.39, 0.29) is 18.4 Å². The van der Waals surface area contributed by atoms with Gasteiger partial charge in [0.1, 0.15) is 11.9 Å². The summed E-state index contributed by atoms with van der Waals surface area (Å²) in [6.45, 7) is 4.31. The number of hydrogen-bond donors (Lipinski definition) is 0. The lowest BCUT2D eigenvalue weighted by Gasteiger charge is -2.34. The van der Waals surface area contributed by atoms with Crippen molar-refractivity contribution in [3.63, 3.8) is 0 Å². The average Bonchev–Trinajstić information content (AvgIpc) is 2.87. The Morgan fingerprint density at radius 2 is 1.64 bits per heavy atom. The highest BCUT2D eigenvalue weighted by atomic mass is 19.1. The number of carbonyl (C=O) groups is 2. The van der Waals surface area contributed by atoms with Crippen LogP contribution in [0.3, 0.4) is 0 Å². The molecule has 3 rings (SSSR count). The standard InChI is InChI=1S/C28H30FN5O2/c1-3-4-18-34(21(2)35)28(36)27(23-14-16-25(29)17-15-23)33(19-22-10-6-5-7-11-22)20-24-12-8-9-13-26(24)31-32-30/h5-17,27H,3-4,18-20H2,1-2H3. The van der Waals surface area contributed by atoms with Gasteiger partial charge in [0.15, 0.2) is 0 Å². The second-order valence-electron chi connectivity index (χ2n) is 8.53. The van der Waals surface area contributed by atoms with E-state index in [9.17, 15) is 14.0 Å². The lowest BCUT2D eigenvalue weighted by atomic mass is 10.0. The first-order chi connectivity index (χ1) is 17.4. The highest BCUT2D eigenvalue weighted by Gasteiger charge is 2.33. The molecule has 0 aliphatic carbocycles. The zero-order valence-corrected chi connectivity index (χ0v) is 20.5. The fraction of sp³-hybridized carbons (Fsp3) is 0.286. The van der Waals surface area contributed by atoms with Crippen LogP contribution in [0.2, 0.25) is 0 Å². The number of azide groups is 1. The van der Waals surface area contributed by atoms with E-state index in [2.05, 4.69) is 10.0 Å². The molecular formula is C28H30FN5O2. The minimum Gasteiger partial charge on any atom is -0.281 e. The molecule has 0 fully saturated rings. The first kappa shape index (κ1) is 26.6. The van der Waals surface area contributed by atoms with Crippen LogP contribution in [0.1, 0.15) is 49.4 Å². The molecule has 1 unspecified atom stereocenters. The van der Waals surface area contributed by atoms with Gasteiger partial charge in [-0.2, -0.15) is 0 Å². The van der Waals surface area contributed by atoms with Crippen LogP contribution in [-0.2, 0) is 22.7 Å². The summed E-state index contributed by atoms with van der Waals surface area (Å²) in [5.41, 5.74) is 11.8. The molecule has 2 amide bonds. The molecule has 0 aliphatic heterocycles. The smallest absolute Gasteiger partial charge is 0.251 e. The Bertz CT molecular complexity index is 1210. The van der Waals surface area contributed by atoms with Crippen molar-refractivity contribution >= 4 is 17.5 Å². The van der Waals surface area contributed by atoms with Gasteiger partial charge in [0.25, 0.3) is 5.91 Å². The number of amides is 2. The Morgan fingerprint density at radius 3 is 2.28 bits per heavy atom. The molecule has 0 N–H and O–H groups in total. The molecule has 36 heavy (non-hydrogen) atoms. The minimum absolute atomic E-state index is 0.261. The molecule has 0 saturated heterocycles. The van der Waals surface area contributed by atoms with E-state index in [4.69, 9.17) is 5.53 Å². The SMILES string of the molecule is CCCCN(C(C)=O)C(=O)C(c1ccc(F)cc1)N(Cc1ccccc1)Cc1ccccc1N=[N+]=[N-]. The zero-order valence-electron chi connectivity index (χ0n) is 20.5. The molecule has 0 aliphatic rings. The molecule has 0 saturated carbocycles. The van der Waals surface area contributed by atoms with Crippen molar-refractivity contribution < 1.29 is 14.0 Å². The minimum atomic E-state index is -0.870. The summed E-state index contributed by atoms with van der Waals surface area (Å²) in [5, 5.41) is 3.81. The fourth-order valence-corrected chi connectivity index (χ4v) is 4.11. The third-order valence-electron chi connectivity index (χ3n) is 5.91. The third-order valence-corrected chi connectivity index (χ3v) is 5.91. The molecule has 1 atom stereocenters. The molecule has 0 heterocycles. The van der Waals surface area contributed by atoms with Crippen molar-refractivity contribution in [2.75, 3.05) is 6.54 Å². The Kier molecular flexibility index (Phi) is 9.74. The van der Waals surface area contributed by atoms with Crippen molar-refractivity contribution in [2.45, 2.75) is 45.8 Å². The number of imide groups is 1. The van der Waals surface area contributed by atoms with E-state index in [1.165, 1.54) is 24.0 Å². The van der Waals surface area contributed by atoms with Crippen LogP contribution in [-0.4, -0.2) is 28.2 Å². The van der Waals surface area contributed by atoms with E-state index in [0.29, 0.717) is 30.8 Å². The molecule has 186 valence electrons. The highest BCUT2D eigenvalue weighted by molar-refractivity contribution is 5.97. The first-order valence-electron chi connectivity index (χ1n) is 11.9. The summed E-state index contributed by atoms with van der Waals surface area (Å²) < 4.78 is 13.8. The monoisotopic (exact) mass is 487 g/mol. The van der Waals surface area contributed by atoms with Gasteiger partial charge in [0, 0.05) is 37.2 Å². The van der Waals surface area contributed by atoms with Crippen molar-refractivity contribution in [1.29, 1.82) is 0 Å². The molecule has 0 bridgehead atoms. The molecule has 3 aromatic rings. The second kappa shape index (κ2) is 13.2. The zero-order chi connectivity index (χ0) is 25.9. The van der Waals surface area contributed by atoms with Gasteiger partial charge >= 0.3 is 0 Å². The van der Waals surface area contributed by atoms with Crippen LogP contribution >= 0.6 is 0 Å². The van der Waals surface area contributed by atoms with E-state index in [1.807, 2.05) is 54.3 Å². The lowest BCUT2D eigenvalue weighted by Crippen LogP contribution is -2.45. The number of halogens is 1. The molecule has 8 heteroatoms. The van der Waals surface area contributed by atoms with Crippen LogP contribution in [0, 0.1) is 5.82 Å². The molecule has 3 aromatic carbocycles. The van der Waals surface area contributed by atoms with Crippen LogP contribution < -0.4 is 0 Å². The van der Waals surface area contributed by atoms with Crippen LogP contribution in [0.15, 0.2) is 84.0 Å². The second-order valence-corrected chi connectivity index (χ2v) is 8.53. The Balaban J connectivity index is 2.13. The summed E-state index contributed by atoms with van der Waals surface area (Å²) in [7, 11) is 0. The van der Waals surface area contributed by atoms with Crippen molar-refractivity contribution in [3.8, 4) is 0 Å². The normalized spacial score (nSPS) is 11.6. The number of benzene rings is 3. The van der Waals surface area contributed by atoms with Gasteiger partial charge in [0.05, 0.1) is 0 Å². The van der Waals surface area contributed by atoms with E-state index < -0.39 is 11.9 Å². The van der Waals surface area contributed by atoms with Gasteiger partial charge in [-0.15, -0.1) is 0 Å².